The summed E-state index contributed by atoms with van der Waals surface area (Å²) in [6.07, 6.45) is 4.54. The normalized spacial score (nSPS) is 11.3. The first kappa shape index (κ1) is 13.9. The van der Waals surface area contributed by atoms with E-state index in [1.54, 1.807) is 12.4 Å². The molecule has 1 aromatic carbocycles. The minimum absolute atomic E-state index is 0.120. The van der Waals surface area contributed by atoms with Crippen LogP contribution in [0.3, 0.4) is 0 Å². The van der Waals surface area contributed by atoms with Gasteiger partial charge >= 0.3 is 0 Å². The Kier molecular flexibility index (Phi) is 4.55. The van der Waals surface area contributed by atoms with Gasteiger partial charge in [-0.15, -0.1) is 0 Å². The van der Waals surface area contributed by atoms with Gasteiger partial charge in [-0.3, -0.25) is 4.98 Å². The summed E-state index contributed by atoms with van der Waals surface area (Å²) in [5, 5.41) is 11.7. The molecule has 0 aliphatic carbocycles. The zero-order chi connectivity index (χ0) is 14.4. The molecule has 5 nitrogen and oxygen atoms in total. The fourth-order valence-electron chi connectivity index (χ4n) is 1.94. The van der Waals surface area contributed by atoms with Crippen molar-refractivity contribution >= 4 is 11.5 Å². The van der Waals surface area contributed by atoms with E-state index in [9.17, 15) is 0 Å². The van der Waals surface area contributed by atoms with Gasteiger partial charge in [0.15, 0.2) is 5.84 Å². The van der Waals surface area contributed by atoms with Gasteiger partial charge in [-0.2, -0.15) is 0 Å². The molecule has 1 aromatic heterocycles. The number of anilines is 1. The Balaban J connectivity index is 2.04. The summed E-state index contributed by atoms with van der Waals surface area (Å²) in [7, 11) is 2.02. The monoisotopic (exact) mass is 270 g/mol. The first-order valence-corrected chi connectivity index (χ1v) is 6.38. The van der Waals surface area contributed by atoms with Crippen molar-refractivity contribution in [2.24, 2.45) is 10.9 Å². The van der Waals surface area contributed by atoms with Gasteiger partial charge < -0.3 is 15.8 Å². The zero-order valence-corrected chi connectivity index (χ0v) is 11.4. The van der Waals surface area contributed by atoms with Crippen LogP contribution in [0.5, 0.6) is 0 Å². The molecule has 3 N–H and O–H groups in total. The Labute approximate surface area is 118 Å². The number of nitrogens with zero attached hydrogens (tertiary/aromatic N) is 3. The summed E-state index contributed by atoms with van der Waals surface area (Å²) in [5.74, 6) is 0.120. The average molecular weight is 270 g/mol. The van der Waals surface area contributed by atoms with E-state index in [2.05, 4.69) is 15.0 Å². The summed E-state index contributed by atoms with van der Waals surface area (Å²) < 4.78 is 0. The van der Waals surface area contributed by atoms with Gasteiger partial charge in [0, 0.05) is 37.2 Å². The predicted octanol–water partition coefficient (Wildman–Crippen LogP) is 1.85. The largest absolute Gasteiger partial charge is 0.409 e. The maximum Gasteiger partial charge on any atom is 0.170 e. The second-order valence-electron chi connectivity index (χ2n) is 4.56. The number of oxime groups is 1. The lowest BCUT2D eigenvalue weighted by Crippen LogP contribution is -2.21. The number of benzene rings is 1. The third-order valence-electron chi connectivity index (χ3n) is 3.18. The highest BCUT2D eigenvalue weighted by Gasteiger charge is 2.05. The second kappa shape index (κ2) is 6.56. The topological polar surface area (TPSA) is 74.7 Å². The number of nitrogens with two attached hydrogens (primary N) is 1. The molecule has 0 aliphatic rings. The van der Waals surface area contributed by atoms with Gasteiger partial charge in [-0.1, -0.05) is 17.3 Å². The molecule has 0 saturated carbocycles. The van der Waals surface area contributed by atoms with Crippen molar-refractivity contribution < 1.29 is 5.21 Å². The van der Waals surface area contributed by atoms with E-state index in [0.717, 1.165) is 18.7 Å². The number of aromatic nitrogens is 1. The van der Waals surface area contributed by atoms with Crippen molar-refractivity contribution in [1.29, 1.82) is 0 Å². The number of rotatable bonds is 5. The Morgan fingerprint density at radius 2 is 2.05 bits per heavy atom. The van der Waals surface area contributed by atoms with Gasteiger partial charge in [-0.05, 0) is 36.2 Å². The smallest absolute Gasteiger partial charge is 0.170 e. The lowest BCUT2D eigenvalue weighted by Gasteiger charge is -2.20. The van der Waals surface area contributed by atoms with Gasteiger partial charge in [0.05, 0.1) is 0 Å². The molecule has 104 valence electrons. The summed E-state index contributed by atoms with van der Waals surface area (Å²) in [5.41, 5.74) is 8.59. The molecule has 2 aromatic rings. The number of hydrogen-bond donors (Lipinski definition) is 2. The Morgan fingerprint density at radius 1 is 1.30 bits per heavy atom. The van der Waals surface area contributed by atoms with E-state index >= 15 is 0 Å². The highest BCUT2D eigenvalue weighted by atomic mass is 16.4. The first-order valence-electron chi connectivity index (χ1n) is 6.38. The maximum absolute atomic E-state index is 8.71. The van der Waals surface area contributed by atoms with E-state index in [1.807, 2.05) is 43.4 Å². The van der Waals surface area contributed by atoms with Crippen molar-refractivity contribution in [3.05, 3.63) is 59.9 Å². The van der Waals surface area contributed by atoms with Gasteiger partial charge in [-0.25, -0.2) is 0 Å². The van der Waals surface area contributed by atoms with E-state index in [-0.39, 0.29) is 5.84 Å². The maximum atomic E-state index is 8.71. The predicted molar refractivity (Wildman–Crippen MR) is 80.2 cm³/mol. The van der Waals surface area contributed by atoms with Crippen molar-refractivity contribution in [1.82, 2.24) is 4.98 Å². The van der Waals surface area contributed by atoms with Crippen LogP contribution in [0.25, 0.3) is 0 Å². The highest BCUT2D eigenvalue weighted by molar-refractivity contribution is 5.97. The van der Waals surface area contributed by atoms with Crippen molar-refractivity contribution in [2.75, 3.05) is 18.5 Å². The minimum atomic E-state index is 0.120. The van der Waals surface area contributed by atoms with E-state index < -0.39 is 0 Å². The SMILES string of the molecule is CN(CCc1ccncc1)c1cccc(C(N)=NO)c1. The molecule has 0 atom stereocenters. The number of amidine groups is 1. The summed E-state index contributed by atoms with van der Waals surface area (Å²) in [6, 6.07) is 11.6. The van der Waals surface area contributed by atoms with Gasteiger partial charge in [0.1, 0.15) is 0 Å². The molecule has 0 saturated heterocycles. The summed E-state index contributed by atoms with van der Waals surface area (Å²) in [6.45, 7) is 0.879. The van der Waals surface area contributed by atoms with E-state index in [0.29, 0.717) is 5.56 Å². The third-order valence-corrected chi connectivity index (χ3v) is 3.18. The minimum Gasteiger partial charge on any atom is -0.409 e. The fourth-order valence-corrected chi connectivity index (χ4v) is 1.94. The third kappa shape index (κ3) is 3.47. The molecule has 0 spiro atoms. The van der Waals surface area contributed by atoms with Crippen LogP contribution >= 0.6 is 0 Å². The molecule has 0 aliphatic heterocycles. The quantitative estimate of drug-likeness (QED) is 0.376. The molecule has 5 heteroatoms. The number of pyridine rings is 1. The summed E-state index contributed by atoms with van der Waals surface area (Å²) in [4.78, 5) is 6.14. The van der Waals surface area contributed by atoms with E-state index in [1.165, 1.54) is 5.56 Å². The second-order valence-corrected chi connectivity index (χ2v) is 4.56. The van der Waals surface area contributed by atoms with Crippen LogP contribution in [0.15, 0.2) is 53.9 Å². The van der Waals surface area contributed by atoms with E-state index in [4.69, 9.17) is 10.9 Å². The lowest BCUT2D eigenvalue weighted by molar-refractivity contribution is 0.318. The average Bonchev–Trinajstić information content (AvgIpc) is 2.53. The van der Waals surface area contributed by atoms with Crippen LogP contribution in [-0.4, -0.2) is 29.6 Å². The standard InChI is InChI=1S/C15H18N4O/c1-19(10-7-12-5-8-17-9-6-12)14-4-2-3-13(11-14)15(16)18-20/h2-6,8-9,11,20H,7,10H2,1H3,(H2,16,18). The van der Waals surface area contributed by atoms with Crippen molar-refractivity contribution in [2.45, 2.75) is 6.42 Å². The number of likely N-dealkylation sites (N-methyl/N-ethyl adjacent to an activating group) is 1. The summed E-state index contributed by atoms with van der Waals surface area (Å²) >= 11 is 0. The van der Waals surface area contributed by atoms with Crippen LogP contribution in [0.1, 0.15) is 11.1 Å². The molecule has 1 heterocycles. The Morgan fingerprint density at radius 3 is 2.75 bits per heavy atom. The van der Waals surface area contributed by atoms with Gasteiger partial charge in [0.25, 0.3) is 0 Å². The van der Waals surface area contributed by atoms with Crippen LogP contribution in [0.2, 0.25) is 0 Å². The van der Waals surface area contributed by atoms with Crippen LogP contribution in [0.4, 0.5) is 5.69 Å². The Hall–Kier alpha value is -2.56. The number of hydrogen-bond acceptors (Lipinski definition) is 4. The highest BCUT2D eigenvalue weighted by Crippen LogP contribution is 2.15. The first-order chi connectivity index (χ1) is 9.70. The molecule has 2 rings (SSSR count). The molecule has 20 heavy (non-hydrogen) atoms. The van der Waals surface area contributed by atoms with Crippen molar-refractivity contribution in [3.63, 3.8) is 0 Å². The van der Waals surface area contributed by atoms with Crippen molar-refractivity contribution in [3.8, 4) is 0 Å². The molecular formula is C15H18N4O. The molecular weight excluding hydrogens is 252 g/mol. The zero-order valence-electron chi connectivity index (χ0n) is 11.4. The van der Waals surface area contributed by atoms with Gasteiger partial charge in [0.2, 0.25) is 0 Å². The molecule has 0 radical (unpaired) electrons. The molecule has 0 unspecified atom stereocenters. The fraction of sp³-hybridized carbons (Fsp3) is 0.200. The lowest BCUT2D eigenvalue weighted by atomic mass is 10.1. The van der Waals surface area contributed by atoms with Crippen LogP contribution in [-0.2, 0) is 6.42 Å². The molecule has 0 fully saturated rings. The van der Waals surface area contributed by atoms with Crippen LogP contribution in [0, 0.1) is 0 Å². The van der Waals surface area contributed by atoms with Crippen LogP contribution < -0.4 is 10.6 Å². The molecule has 0 bridgehead atoms. The molecule has 0 amide bonds. The Bertz CT molecular complexity index is 583.